The van der Waals surface area contributed by atoms with Crippen molar-refractivity contribution in [2.75, 3.05) is 50.6 Å². The summed E-state index contributed by atoms with van der Waals surface area (Å²) in [5.41, 5.74) is 3.26. The lowest BCUT2D eigenvalue weighted by Gasteiger charge is -2.33. The van der Waals surface area contributed by atoms with E-state index in [4.69, 9.17) is 9.84 Å². The number of likely N-dealkylation sites (N-methyl/N-ethyl adjacent to an activating group) is 1. The van der Waals surface area contributed by atoms with Crippen molar-refractivity contribution in [1.29, 1.82) is 0 Å². The fourth-order valence-corrected chi connectivity index (χ4v) is 4.68. The van der Waals surface area contributed by atoms with Gasteiger partial charge >= 0.3 is 0 Å². The SMILES string of the molecule is COc1ccc2c(c1)n(C)c(=O)c1cc3cnc(Nc4ccc(N5CCN(C)CC5)cn4)nn3c12. The van der Waals surface area contributed by atoms with Crippen molar-refractivity contribution in [1.82, 2.24) is 29.0 Å². The van der Waals surface area contributed by atoms with Gasteiger partial charge in [0.15, 0.2) is 0 Å². The third-order valence-electron chi connectivity index (χ3n) is 6.73. The number of benzene rings is 1. The Morgan fingerprint density at radius 3 is 2.51 bits per heavy atom. The first-order valence-corrected chi connectivity index (χ1v) is 11.5. The largest absolute Gasteiger partial charge is 0.497 e. The molecule has 5 heterocycles. The van der Waals surface area contributed by atoms with Crippen molar-refractivity contribution >= 4 is 44.8 Å². The van der Waals surface area contributed by atoms with Crippen LogP contribution in [0.1, 0.15) is 0 Å². The molecule has 1 fully saturated rings. The molecule has 1 saturated heterocycles. The van der Waals surface area contributed by atoms with E-state index in [0.717, 1.165) is 53.8 Å². The van der Waals surface area contributed by atoms with Gasteiger partial charge in [0.05, 0.1) is 47.1 Å². The fourth-order valence-electron chi connectivity index (χ4n) is 4.68. The molecule has 1 N–H and O–H groups in total. The molecule has 1 aromatic carbocycles. The van der Waals surface area contributed by atoms with E-state index >= 15 is 0 Å². The third kappa shape index (κ3) is 3.62. The van der Waals surface area contributed by atoms with Gasteiger partial charge in [-0.25, -0.2) is 14.5 Å². The highest BCUT2D eigenvalue weighted by molar-refractivity contribution is 6.06. The first kappa shape index (κ1) is 21.4. The lowest BCUT2D eigenvalue weighted by Crippen LogP contribution is -2.44. The molecule has 1 aliphatic rings. The van der Waals surface area contributed by atoms with E-state index in [9.17, 15) is 4.79 Å². The van der Waals surface area contributed by atoms with E-state index in [1.54, 1.807) is 29.4 Å². The highest BCUT2D eigenvalue weighted by Crippen LogP contribution is 2.28. The van der Waals surface area contributed by atoms with Gasteiger partial charge in [0.1, 0.15) is 11.6 Å². The van der Waals surface area contributed by atoms with Crippen LogP contribution in [0.4, 0.5) is 17.5 Å². The van der Waals surface area contributed by atoms with Gasteiger partial charge < -0.3 is 24.4 Å². The molecule has 0 atom stereocenters. The molecule has 10 nitrogen and oxygen atoms in total. The second kappa shape index (κ2) is 8.24. The molecule has 10 heteroatoms. The highest BCUT2D eigenvalue weighted by Gasteiger charge is 2.17. The predicted molar refractivity (Wildman–Crippen MR) is 137 cm³/mol. The van der Waals surface area contributed by atoms with Gasteiger partial charge in [-0.2, -0.15) is 0 Å². The lowest BCUT2D eigenvalue weighted by atomic mass is 10.1. The normalized spacial score (nSPS) is 14.8. The van der Waals surface area contributed by atoms with Gasteiger partial charge in [0.25, 0.3) is 5.56 Å². The third-order valence-corrected chi connectivity index (χ3v) is 6.73. The zero-order valence-corrected chi connectivity index (χ0v) is 19.9. The number of nitrogens with zero attached hydrogens (tertiary/aromatic N) is 7. The summed E-state index contributed by atoms with van der Waals surface area (Å²) in [5, 5.41) is 9.39. The number of ether oxygens (including phenoxy) is 1. The van der Waals surface area contributed by atoms with Gasteiger partial charge in [-0.1, -0.05) is 0 Å². The minimum Gasteiger partial charge on any atom is -0.497 e. The number of anilines is 3. The quantitative estimate of drug-likeness (QED) is 0.429. The van der Waals surface area contributed by atoms with E-state index < -0.39 is 0 Å². The predicted octanol–water partition coefficient (Wildman–Crippen LogP) is 2.63. The Morgan fingerprint density at radius 2 is 1.77 bits per heavy atom. The maximum atomic E-state index is 13.1. The van der Waals surface area contributed by atoms with Crippen LogP contribution >= 0.6 is 0 Å². The van der Waals surface area contributed by atoms with Crippen LogP contribution in [0, 0.1) is 0 Å². The van der Waals surface area contributed by atoms with Crippen molar-refractivity contribution in [3.8, 4) is 5.75 Å². The smallest absolute Gasteiger partial charge is 0.260 e. The Kier molecular flexibility index (Phi) is 5.03. The molecule has 178 valence electrons. The molecule has 0 amide bonds. The van der Waals surface area contributed by atoms with Crippen molar-refractivity contribution in [3.05, 3.63) is 59.1 Å². The van der Waals surface area contributed by atoms with Gasteiger partial charge in [0, 0.05) is 44.7 Å². The van der Waals surface area contributed by atoms with Crippen LogP contribution < -0.4 is 20.5 Å². The van der Waals surface area contributed by atoms with Crippen LogP contribution in [0.5, 0.6) is 5.75 Å². The number of methoxy groups -OCH3 is 1. The van der Waals surface area contributed by atoms with Crippen LogP contribution in [0.3, 0.4) is 0 Å². The Hall–Kier alpha value is -4.18. The molecule has 35 heavy (non-hydrogen) atoms. The molecule has 0 bridgehead atoms. The fraction of sp³-hybridized carbons (Fsp3) is 0.280. The first-order valence-electron chi connectivity index (χ1n) is 11.5. The number of hydrogen-bond donors (Lipinski definition) is 1. The number of piperazine rings is 1. The van der Waals surface area contributed by atoms with E-state index in [1.807, 2.05) is 36.5 Å². The number of aryl methyl sites for hydroxylation is 1. The average Bonchev–Trinajstić information content (AvgIpc) is 3.27. The Balaban J connectivity index is 1.38. The summed E-state index contributed by atoms with van der Waals surface area (Å²) in [6.45, 7) is 4.07. The number of fused-ring (bicyclic) bond motifs is 5. The van der Waals surface area contributed by atoms with Crippen molar-refractivity contribution in [3.63, 3.8) is 0 Å². The number of rotatable bonds is 4. The van der Waals surface area contributed by atoms with Gasteiger partial charge in [-0.3, -0.25) is 4.79 Å². The van der Waals surface area contributed by atoms with Gasteiger partial charge in [-0.05, 0) is 37.4 Å². The van der Waals surface area contributed by atoms with Crippen molar-refractivity contribution in [2.45, 2.75) is 0 Å². The Bertz CT molecular complexity index is 1620. The molecule has 1 aliphatic heterocycles. The summed E-state index contributed by atoms with van der Waals surface area (Å²) in [5.74, 6) is 1.75. The summed E-state index contributed by atoms with van der Waals surface area (Å²) >= 11 is 0. The highest BCUT2D eigenvalue weighted by atomic mass is 16.5. The van der Waals surface area contributed by atoms with E-state index in [0.29, 0.717) is 22.9 Å². The molecule has 0 spiro atoms. The molecule has 0 saturated carbocycles. The minimum absolute atomic E-state index is 0.0954. The number of hydrogen-bond acceptors (Lipinski definition) is 8. The van der Waals surface area contributed by atoms with Gasteiger partial charge in [0.2, 0.25) is 5.95 Å². The zero-order valence-electron chi connectivity index (χ0n) is 19.9. The molecular formula is C25H26N8O2. The second-order valence-electron chi connectivity index (χ2n) is 8.89. The van der Waals surface area contributed by atoms with Crippen LogP contribution in [0.25, 0.3) is 27.3 Å². The Labute approximate surface area is 201 Å². The van der Waals surface area contributed by atoms with E-state index in [-0.39, 0.29) is 5.56 Å². The van der Waals surface area contributed by atoms with Crippen LogP contribution in [-0.4, -0.2) is 69.4 Å². The molecule has 4 aromatic heterocycles. The zero-order chi connectivity index (χ0) is 24.1. The summed E-state index contributed by atoms with van der Waals surface area (Å²) < 4.78 is 8.77. The summed E-state index contributed by atoms with van der Waals surface area (Å²) in [6.07, 6.45) is 3.59. The molecule has 0 unspecified atom stereocenters. The molecule has 0 aliphatic carbocycles. The maximum Gasteiger partial charge on any atom is 0.260 e. The van der Waals surface area contributed by atoms with Gasteiger partial charge in [-0.15, -0.1) is 5.10 Å². The monoisotopic (exact) mass is 470 g/mol. The standard InChI is InChI=1S/C25H26N8O2/c1-30-8-10-32(11-9-30)16-4-7-22(26-14-16)28-25-27-15-17-12-20-23(33(17)29-25)19-6-5-18(35-3)13-21(19)31(2)24(20)34/h4-7,12-15H,8-11H2,1-3H3,(H,26,28,29). The molecule has 6 rings (SSSR count). The van der Waals surface area contributed by atoms with E-state index in [1.165, 1.54) is 0 Å². The summed E-state index contributed by atoms with van der Waals surface area (Å²) in [4.78, 5) is 26.8. The molecular weight excluding hydrogens is 444 g/mol. The minimum atomic E-state index is -0.0954. The van der Waals surface area contributed by atoms with E-state index in [2.05, 4.69) is 38.2 Å². The van der Waals surface area contributed by atoms with Crippen LogP contribution in [-0.2, 0) is 7.05 Å². The first-order chi connectivity index (χ1) is 17.0. The summed E-state index contributed by atoms with van der Waals surface area (Å²) in [6, 6.07) is 11.5. The number of pyridine rings is 2. The number of aromatic nitrogens is 5. The molecule has 5 aromatic rings. The average molecular weight is 471 g/mol. The number of nitrogens with one attached hydrogen (secondary N) is 1. The van der Waals surface area contributed by atoms with Crippen LogP contribution in [0.2, 0.25) is 0 Å². The summed E-state index contributed by atoms with van der Waals surface area (Å²) in [7, 11) is 5.52. The topological polar surface area (TPSA) is 92.8 Å². The molecule has 0 radical (unpaired) electrons. The Morgan fingerprint density at radius 1 is 0.943 bits per heavy atom. The van der Waals surface area contributed by atoms with Crippen LogP contribution in [0.15, 0.2) is 53.6 Å². The van der Waals surface area contributed by atoms with Crippen molar-refractivity contribution in [2.24, 2.45) is 7.05 Å². The van der Waals surface area contributed by atoms with Crippen molar-refractivity contribution < 1.29 is 4.74 Å². The lowest BCUT2D eigenvalue weighted by molar-refractivity contribution is 0.313. The maximum absolute atomic E-state index is 13.1. The second-order valence-corrected chi connectivity index (χ2v) is 8.89.